The van der Waals surface area contributed by atoms with Gasteiger partial charge in [0.2, 0.25) is 11.7 Å². The summed E-state index contributed by atoms with van der Waals surface area (Å²) < 4.78 is 15.8. The number of nitrogens with one attached hydrogen (secondary N) is 1. The SMILES string of the molecule is CCCCCNC(=O)Cc1cc(OC)c(OC)c(OC)c1. The minimum atomic E-state index is 0.000348. The minimum Gasteiger partial charge on any atom is -0.493 e. The molecule has 5 heteroatoms. The lowest BCUT2D eigenvalue weighted by Crippen LogP contribution is -2.26. The summed E-state index contributed by atoms with van der Waals surface area (Å²) in [7, 11) is 4.68. The van der Waals surface area contributed by atoms with Crippen LogP contribution in [0.3, 0.4) is 0 Å². The number of rotatable bonds is 9. The molecule has 0 bridgehead atoms. The third-order valence-electron chi connectivity index (χ3n) is 3.19. The minimum absolute atomic E-state index is 0.000348. The molecule has 0 fully saturated rings. The lowest BCUT2D eigenvalue weighted by molar-refractivity contribution is -0.120. The molecule has 1 aromatic carbocycles. The zero-order chi connectivity index (χ0) is 15.7. The molecule has 0 atom stereocenters. The van der Waals surface area contributed by atoms with Crippen molar-refractivity contribution >= 4 is 5.91 Å². The van der Waals surface area contributed by atoms with Crippen LogP contribution in [0.15, 0.2) is 12.1 Å². The lowest BCUT2D eigenvalue weighted by atomic mass is 10.1. The van der Waals surface area contributed by atoms with Gasteiger partial charge in [0.1, 0.15) is 0 Å². The van der Waals surface area contributed by atoms with Crippen LogP contribution in [0.1, 0.15) is 31.7 Å². The molecule has 1 amide bonds. The molecule has 21 heavy (non-hydrogen) atoms. The summed E-state index contributed by atoms with van der Waals surface area (Å²) in [6.45, 7) is 2.86. The van der Waals surface area contributed by atoms with Crippen molar-refractivity contribution in [1.82, 2.24) is 5.32 Å². The summed E-state index contributed by atoms with van der Waals surface area (Å²) in [6, 6.07) is 3.60. The Bertz CT molecular complexity index is 435. The van der Waals surface area contributed by atoms with E-state index in [1.54, 1.807) is 33.5 Å². The van der Waals surface area contributed by atoms with Gasteiger partial charge in [-0.2, -0.15) is 0 Å². The number of carbonyl (C=O) groups is 1. The van der Waals surface area contributed by atoms with Crippen molar-refractivity contribution < 1.29 is 19.0 Å². The Hall–Kier alpha value is -1.91. The van der Waals surface area contributed by atoms with Crippen LogP contribution < -0.4 is 19.5 Å². The van der Waals surface area contributed by atoms with Crippen LogP contribution in [-0.4, -0.2) is 33.8 Å². The maximum Gasteiger partial charge on any atom is 0.224 e. The molecule has 1 aromatic rings. The summed E-state index contributed by atoms with van der Waals surface area (Å²) >= 11 is 0. The second-order valence-corrected chi connectivity index (χ2v) is 4.77. The molecule has 1 rings (SSSR count). The number of ether oxygens (including phenoxy) is 3. The Morgan fingerprint density at radius 2 is 1.67 bits per heavy atom. The lowest BCUT2D eigenvalue weighted by Gasteiger charge is -2.14. The van der Waals surface area contributed by atoms with Crippen LogP contribution in [0.25, 0.3) is 0 Å². The fraction of sp³-hybridized carbons (Fsp3) is 0.562. The van der Waals surface area contributed by atoms with E-state index in [1.165, 1.54) is 0 Å². The zero-order valence-electron chi connectivity index (χ0n) is 13.3. The number of unbranched alkanes of at least 4 members (excludes halogenated alkanes) is 2. The maximum absolute atomic E-state index is 11.9. The first kappa shape index (κ1) is 17.1. The standard InChI is InChI=1S/C16H25NO4/c1-5-6-7-8-17-15(18)11-12-9-13(19-2)16(21-4)14(10-12)20-3/h9-10H,5-8,11H2,1-4H3,(H,17,18). The van der Waals surface area contributed by atoms with Crippen molar-refractivity contribution in [3.05, 3.63) is 17.7 Å². The third-order valence-corrected chi connectivity index (χ3v) is 3.19. The molecular weight excluding hydrogens is 270 g/mol. The van der Waals surface area contributed by atoms with Gasteiger partial charge < -0.3 is 19.5 Å². The summed E-state index contributed by atoms with van der Waals surface area (Å²) in [6.07, 6.45) is 3.58. The largest absolute Gasteiger partial charge is 0.493 e. The average Bonchev–Trinajstić information content (AvgIpc) is 2.50. The molecule has 0 saturated heterocycles. The number of methoxy groups -OCH3 is 3. The van der Waals surface area contributed by atoms with Gasteiger partial charge in [-0.25, -0.2) is 0 Å². The van der Waals surface area contributed by atoms with E-state index < -0.39 is 0 Å². The fourth-order valence-corrected chi connectivity index (χ4v) is 2.09. The molecule has 1 N–H and O–H groups in total. The van der Waals surface area contributed by atoms with Gasteiger partial charge in [0, 0.05) is 6.54 Å². The number of hydrogen-bond acceptors (Lipinski definition) is 4. The molecule has 0 aromatic heterocycles. The number of benzene rings is 1. The second-order valence-electron chi connectivity index (χ2n) is 4.77. The first-order chi connectivity index (χ1) is 10.2. The molecule has 0 spiro atoms. The van der Waals surface area contributed by atoms with Gasteiger partial charge in [-0.05, 0) is 24.1 Å². The van der Waals surface area contributed by atoms with E-state index in [1.807, 2.05) is 0 Å². The Morgan fingerprint density at radius 1 is 1.05 bits per heavy atom. The highest BCUT2D eigenvalue weighted by Gasteiger charge is 2.14. The van der Waals surface area contributed by atoms with Crippen molar-refractivity contribution in [1.29, 1.82) is 0 Å². The quantitative estimate of drug-likeness (QED) is 0.711. The summed E-state index contributed by atoms with van der Waals surface area (Å²) in [4.78, 5) is 11.9. The summed E-state index contributed by atoms with van der Waals surface area (Å²) in [5, 5.41) is 2.92. The first-order valence-corrected chi connectivity index (χ1v) is 7.21. The highest BCUT2D eigenvalue weighted by molar-refractivity contribution is 5.79. The zero-order valence-corrected chi connectivity index (χ0v) is 13.3. The van der Waals surface area contributed by atoms with E-state index in [0.29, 0.717) is 23.7 Å². The maximum atomic E-state index is 11.9. The van der Waals surface area contributed by atoms with E-state index in [4.69, 9.17) is 14.2 Å². The van der Waals surface area contributed by atoms with Crippen LogP contribution in [0, 0.1) is 0 Å². The van der Waals surface area contributed by atoms with Gasteiger partial charge in [-0.1, -0.05) is 19.8 Å². The van der Waals surface area contributed by atoms with Crippen LogP contribution in [0.5, 0.6) is 17.2 Å². The first-order valence-electron chi connectivity index (χ1n) is 7.21. The number of amides is 1. The molecule has 0 heterocycles. The highest BCUT2D eigenvalue weighted by atomic mass is 16.5. The Balaban J connectivity index is 2.72. The number of hydrogen-bond donors (Lipinski definition) is 1. The van der Waals surface area contributed by atoms with Crippen molar-refractivity contribution in [2.24, 2.45) is 0 Å². The molecule has 118 valence electrons. The van der Waals surface area contributed by atoms with Gasteiger partial charge in [-0.15, -0.1) is 0 Å². The molecule has 0 aliphatic carbocycles. The molecule has 5 nitrogen and oxygen atoms in total. The number of carbonyl (C=O) groups excluding carboxylic acids is 1. The molecular formula is C16H25NO4. The van der Waals surface area contributed by atoms with Crippen LogP contribution in [0.4, 0.5) is 0 Å². The van der Waals surface area contributed by atoms with Crippen LogP contribution >= 0.6 is 0 Å². The average molecular weight is 295 g/mol. The summed E-state index contributed by atoms with van der Waals surface area (Å²) in [5.74, 6) is 1.66. The van der Waals surface area contributed by atoms with Crippen molar-refractivity contribution in [3.63, 3.8) is 0 Å². The Morgan fingerprint density at radius 3 is 2.14 bits per heavy atom. The molecule has 0 saturated carbocycles. The van der Waals surface area contributed by atoms with E-state index in [0.717, 1.165) is 31.4 Å². The molecule has 0 radical (unpaired) electrons. The van der Waals surface area contributed by atoms with Crippen molar-refractivity contribution in [2.45, 2.75) is 32.6 Å². The Labute approximate surface area is 126 Å². The van der Waals surface area contributed by atoms with Gasteiger partial charge >= 0.3 is 0 Å². The van der Waals surface area contributed by atoms with Gasteiger partial charge in [0.25, 0.3) is 0 Å². The predicted molar refractivity (Wildman–Crippen MR) is 82.3 cm³/mol. The predicted octanol–water partition coefficient (Wildman–Crippen LogP) is 2.56. The third kappa shape index (κ3) is 5.17. The normalized spacial score (nSPS) is 10.1. The highest BCUT2D eigenvalue weighted by Crippen LogP contribution is 2.38. The van der Waals surface area contributed by atoms with Crippen molar-refractivity contribution in [3.8, 4) is 17.2 Å². The molecule has 0 unspecified atom stereocenters. The molecule has 0 aliphatic rings. The van der Waals surface area contributed by atoms with E-state index in [-0.39, 0.29) is 5.91 Å². The van der Waals surface area contributed by atoms with Crippen LogP contribution in [-0.2, 0) is 11.2 Å². The van der Waals surface area contributed by atoms with Gasteiger partial charge in [0.15, 0.2) is 11.5 Å². The van der Waals surface area contributed by atoms with E-state index in [2.05, 4.69) is 12.2 Å². The second kappa shape index (κ2) is 9.10. The Kier molecular flexibility index (Phi) is 7.43. The monoisotopic (exact) mass is 295 g/mol. The van der Waals surface area contributed by atoms with Gasteiger partial charge in [-0.3, -0.25) is 4.79 Å². The smallest absolute Gasteiger partial charge is 0.224 e. The fourth-order valence-electron chi connectivity index (χ4n) is 2.09. The summed E-state index contributed by atoms with van der Waals surface area (Å²) in [5.41, 5.74) is 0.831. The molecule has 0 aliphatic heterocycles. The van der Waals surface area contributed by atoms with Crippen molar-refractivity contribution in [2.75, 3.05) is 27.9 Å². The van der Waals surface area contributed by atoms with Gasteiger partial charge in [0.05, 0.1) is 27.8 Å². The van der Waals surface area contributed by atoms with Crippen LogP contribution in [0.2, 0.25) is 0 Å². The van der Waals surface area contributed by atoms with E-state index in [9.17, 15) is 4.79 Å². The topological polar surface area (TPSA) is 56.8 Å². The van der Waals surface area contributed by atoms with E-state index >= 15 is 0 Å².